The van der Waals surface area contributed by atoms with Crippen molar-refractivity contribution >= 4 is 17.8 Å². The molecule has 0 unspecified atom stereocenters. The van der Waals surface area contributed by atoms with E-state index in [4.69, 9.17) is 28.4 Å². The van der Waals surface area contributed by atoms with E-state index in [0.29, 0.717) is 32.0 Å². The smallest absolute Gasteiger partial charge is 0.342 e. The molecule has 1 aliphatic heterocycles. The number of hydrogen-bond donors (Lipinski definition) is 2. The Balaban J connectivity index is 2.12. The van der Waals surface area contributed by atoms with Gasteiger partial charge in [-0.05, 0) is 70.6 Å². The maximum atomic E-state index is 14.0. The highest BCUT2D eigenvalue weighted by atomic mass is 16.7. The first-order valence-corrected chi connectivity index (χ1v) is 19.8. The predicted molar refractivity (Wildman–Crippen MR) is 206 cm³/mol. The monoisotopic (exact) mass is 747 g/mol. The van der Waals surface area contributed by atoms with Crippen LogP contribution >= 0.6 is 0 Å². The van der Waals surface area contributed by atoms with Gasteiger partial charge in [-0.3, -0.25) is 4.79 Å². The fourth-order valence-corrected chi connectivity index (χ4v) is 6.37. The van der Waals surface area contributed by atoms with Crippen molar-refractivity contribution in [1.82, 2.24) is 5.32 Å². The number of methoxy groups -OCH3 is 2. The van der Waals surface area contributed by atoms with Gasteiger partial charge in [0.15, 0.2) is 5.79 Å². The van der Waals surface area contributed by atoms with Gasteiger partial charge in [0.25, 0.3) is 0 Å². The molecule has 1 amide bonds. The number of esters is 2. The van der Waals surface area contributed by atoms with Gasteiger partial charge in [0.05, 0.1) is 39.5 Å². The number of carbonyl (C=O) groups is 3. The van der Waals surface area contributed by atoms with Gasteiger partial charge in [0, 0.05) is 26.4 Å². The minimum absolute atomic E-state index is 0.120. The molecule has 1 saturated heterocycles. The molecule has 302 valence electrons. The van der Waals surface area contributed by atoms with Crippen molar-refractivity contribution in [2.24, 2.45) is 5.92 Å². The summed E-state index contributed by atoms with van der Waals surface area (Å²) in [6.07, 6.45) is 17.6. The second kappa shape index (κ2) is 24.4. The second-order valence-electron chi connectivity index (χ2n) is 15.1. The SMILES string of the molecule is CCCCCCCC1(CCCCCC/C=C/[C@H](C(=O)N[C@@H](Cc2ccc(OCCCC)cc2)C(=O)OC)[C@@](O)(COC)C(=O)OC(C)(C)C)OCCO1. The quantitative estimate of drug-likeness (QED) is 0.0532. The molecule has 0 spiro atoms. The zero-order valence-electron chi connectivity index (χ0n) is 33.7. The van der Waals surface area contributed by atoms with Crippen LogP contribution in [-0.2, 0) is 44.5 Å². The summed E-state index contributed by atoms with van der Waals surface area (Å²) in [5, 5.41) is 14.6. The van der Waals surface area contributed by atoms with E-state index in [1.165, 1.54) is 46.0 Å². The number of rotatable bonds is 27. The van der Waals surface area contributed by atoms with Crippen LogP contribution in [0.3, 0.4) is 0 Å². The third-order valence-electron chi connectivity index (χ3n) is 9.33. The van der Waals surface area contributed by atoms with E-state index >= 15 is 0 Å². The number of unbranched alkanes of at least 4 members (excludes halogenated alkanes) is 9. The average Bonchev–Trinajstić information content (AvgIpc) is 3.59. The highest BCUT2D eigenvalue weighted by Crippen LogP contribution is 2.32. The van der Waals surface area contributed by atoms with E-state index in [0.717, 1.165) is 63.4 Å². The van der Waals surface area contributed by atoms with E-state index in [1.54, 1.807) is 26.8 Å². The molecule has 0 aromatic heterocycles. The van der Waals surface area contributed by atoms with Gasteiger partial charge in [0.1, 0.15) is 17.4 Å². The van der Waals surface area contributed by atoms with Crippen molar-refractivity contribution in [2.75, 3.05) is 40.6 Å². The largest absolute Gasteiger partial charge is 0.494 e. The van der Waals surface area contributed by atoms with E-state index in [1.807, 2.05) is 24.3 Å². The molecule has 11 heteroatoms. The summed E-state index contributed by atoms with van der Waals surface area (Å²) < 4.78 is 33.7. The minimum Gasteiger partial charge on any atom is -0.494 e. The van der Waals surface area contributed by atoms with Gasteiger partial charge in [0.2, 0.25) is 11.5 Å². The van der Waals surface area contributed by atoms with Crippen LogP contribution in [-0.4, -0.2) is 86.6 Å². The summed E-state index contributed by atoms with van der Waals surface area (Å²) in [7, 11) is 2.58. The molecule has 0 saturated carbocycles. The topological polar surface area (TPSA) is 139 Å². The third kappa shape index (κ3) is 16.9. The number of carbonyl (C=O) groups excluding carboxylic acids is 3. The Hall–Kier alpha value is -2.99. The molecule has 3 atom stereocenters. The van der Waals surface area contributed by atoms with Crippen molar-refractivity contribution in [3.05, 3.63) is 42.0 Å². The summed E-state index contributed by atoms with van der Waals surface area (Å²) in [4.78, 5) is 40.4. The Bertz CT molecular complexity index is 1220. The maximum Gasteiger partial charge on any atom is 0.342 e. The summed E-state index contributed by atoms with van der Waals surface area (Å²) in [5.41, 5.74) is -2.54. The molecule has 1 aromatic carbocycles. The molecule has 0 aliphatic carbocycles. The Morgan fingerprint density at radius 3 is 2.06 bits per heavy atom. The molecule has 2 N–H and O–H groups in total. The summed E-state index contributed by atoms with van der Waals surface area (Å²) >= 11 is 0. The van der Waals surface area contributed by atoms with Crippen molar-refractivity contribution in [2.45, 2.75) is 154 Å². The van der Waals surface area contributed by atoms with Gasteiger partial charge < -0.3 is 38.8 Å². The molecule has 0 radical (unpaired) electrons. The Labute approximate surface area is 318 Å². The first-order valence-electron chi connectivity index (χ1n) is 19.8. The van der Waals surface area contributed by atoms with Crippen molar-refractivity contribution in [3.8, 4) is 5.75 Å². The van der Waals surface area contributed by atoms with E-state index in [-0.39, 0.29) is 6.42 Å². The lowest BCUT2D eigenvalue weighted by Gasteiger charge is -2.34. The van der Waals surface area contributed by atoms with E-state index in [2.05, 4.69) is 19.2 Å². The second-order valence-corrected chi connectivity index (χ2v) is 15.1. The zero-order chi connectivity index (χ0) is 39.2. The van der Waals surface area contributed by atoms with Gasteiger partial charge in [-0.15, -0.1) is 0 Å². The number of amides is 1. The number of hydrogen-bond acceptors (Lipinski definition) is 10. The lowest BCUT2D eigenvalue weighted by molar-refractivity contribution is -0.189. The fraction of sp³-hybridized carbons (Fsp3) is 0.738. The minimum atomic E-state index is -2.37. The first-order chi connectivity index (χ1) is 25.3. The summed E-state index contributed by atoms with van der Waals surface area (Å²) in [6, 6.07) is 6.19. The number of allylic oxidation sites excluding steroid dienone is 1. The van der Waals surface area contributed by atoms with Crippen molar-refractivity contribution < 1.29 is 47.9 Å². The van der Waals surface area contributed by atoms with Crippen LogP contribution in [0.15, 0.2) is 36.4 Å². The lowest BCUT2D eigenvalue weighted by Crippen LogP contribution is -2.58. The number of benzene rings is 1. The Kier molecular flexibility index (Phi) is 21.3. The van der Waals surface area contributed by atoms with Crippen LogP contribution in [0.1, 0.15) is 130 Å². The highest BCUT2D eigenvalue weighted by molar-refractivity contribution is 5.93. The number of ether oxygens (including phenoxy) is 6. The molecule has 2 rings (SSSR count). The van der Waals surface area contributed by atoms with Crippen LogP contribution in [0, 0.1) is 5.92 Å². The predicted octanol–water partition coefficient (Wildman–Crippen LogP) is 7.40. The molecule has 11 nitrogen and oxygen atoms in total. The molecule has 1 aliphatic rings. The molecule has 1 heterocycles. The molecular formula is C42H69NO10. The standard InChI is InChI=1S/C42H69NO10/c1-8-10-12-16-19-26-41(51-29-30-52-41)27-20-17-14-13-15-18-21-35(42(47,32-48-6)39(46)53-40(3,4)5)37(44)43-36(38(45)49-7)31-33-22-24-34(25-23-33)50-28-11-9-2/h18,21-25,35-36,47H,8-17,19-20,26-32H2,1-7H3,(H,43,44)/b21-18+/t35-,36+,42+/m1/s1. The van der Waals surface area contributed by atoms with Gasteiger partial charge >= 0.3 is 11.9 Å². The fourth-order valence-electron chi connectivity index (χ4n) is 6.37. The van der Waals surface area contributed by atoms with Crippen LogP contribution in [0.2, 0.25) is 0 Å². The molecule has 1 fully saturated rings. The summed E-state index contributed by atoms with van der Waals surface area (Å²) in [6.45, 7) is 10.7. The van der Waals surface area contributed by atoms with Crippen LogP contribution < -0.4 is 10.1 Å². The van der Waals surface area contributed by atoms with Gasteiger partial charge in [-0.2, -0.15) is 0 Å². The summed E-state index contributed by atoms with van der Waals surface area (Å²) in [5.74, 6) is -3.56. The van der Waals surface area contributed by atoms with Crippen molar-refractivity contribution in [3.63, 3.8) is 0 Å². The Morgan fingerprint density at radius 1 is 0.887 bits per heavy atom. The van der Waals surface area contributed by atoms with Gasteiger partial charge in [-0.25, -0.2) is 9.59 Å². The first kappa shape index (κ1) is 46.2. The van der Waals surface area contributed by atoms with Gasteiger partial charge in [-0.1, -0.05) is 83.1 Å². The van der Waals surface area contributed by atoms with Crippen LogP contribution in [0.25, 0.3) is 0 Å². The molecule has 0 bridgehead atoms. The Morgan fingerprint density at radius 2 is 1.49 bits per heavy atom. The lowest BCUT2D eigenvalue weighted by atomic mass is 9.85. The highest BCUT2D eigenvalue weighted by Gasteiger charge is 2.50. The molecule has 53 heavy (non-hydrogen) atoms. The van der Waals surface area contributed by atoms with Crippen LogP contribution in [0.4, 0.5) is 0 Å². The van der Waals surface area contributed by atoms with E-state index < -0.39 is 53.4 Å². The maximum absolute atomic E-state index is 14.0. The molecule has 1 aromatic rings. The number of aliphatic hydroxyl groups is 1. The van der Waals surface area contributed by atoms with Crippen molar-refractivity contribution in [1.29, 1.82) is 0 Å². The third-order valence-corrected chi connectivity index (χ3v) is 9.33. The number of nitrogens with one attached hydrogen (secondary N) is 1. The van der Waals surface area contributed by atoms with E-state index in [9.17, 15) is 19.5 Å². The zero-order valence-corrected chi connectivity index (χ0v) is 33.7. The normalized spacial score (nSPS) is 16.5. The molecular weight excluding hydrogens is 678 g/mol. The average molecular weight is 748 g/mol. The van der Waals surface area contributed by atoms with Crippen LogP contribution in [0.5, 0.6) is 5.75 Å².